The van der Waals surface area contributed by atoms with Crippen molar-refractivity contribution < 1.29 is 30.3 Å². The molecule has 0 saturated heterocycles. The summed E-state index contributed by atoms with van der Waals surface area (Å²) < 4.78 is 0. The molecule has 0 bridgehead atoms. The molecule has 0 heterocycles. The molecule has 0 aromatic heterocycles. The van der Waals surface area contributed by atoms with Gasteiger partial charge in [0.25, 0.3) is 0 Å². The number of carbonyl (C=O) groups is 1. The third-order valence-corrected chi connectivity index (χ3v) is 8.03. The maximum absolute atomic E-state index is 10.4. The van der Waals surface area contributed by atoms with Gasteiger partial charge in [0.1, 0.15) is 23.0 Å². The third kappa shape index (κ3) is 14.3. The molecule has 0 aliphatic rings. The second kappa shape index (κ2) is 21.1. The number of carboxylic acid groups (broad SMARTS) is 1. The lowest BCUT2D eigenvalue weighted by Crippen LogP contribution is -2.11. The minimum Gasteiger partial charge on any atom is -0.507 e. The number of anilines is 4. The monoisotopic (exact) mass is 751 g/mol. The van der Waals surface area contributed by atoms with E-state index in [0.29, 0.717) is 16.3 Å². The molecule has 0 spiro atoms. The lowest BCUT2D eigenvalue weighted by molar-refractivity contribution is 0.0697. The highest BCUT2D eigenvalue weighted by Gasteiger charge is 2.14. The second-order valence-corrected chi connectivity index (χ2v) is 13.3. The first kappa shape index (κ1) is 43.7. The van der Waals surface area contributed by atoms with E-state index in [1.54, 1.807) is 36.4 Å². The van der Waals surface area contributed by atoms with Crippen LogP contribution in [0.5, 0.6) is 23.0 Å². The third-order valence-electron chi connectivity index (χ3n) is 7.43. The molecule has 0 aliphatic carbocycles. The number of phenols is 4. The number of para-hydroxylation sites is 3. The Hall–Kier alpha value is -6.50. The first-order valence-electron chi connectivity index (χ1n) is 16.5. The molecule has 12 heteroatoms. The summed E-state index contributed by atoms with van der Waals surface area (Å²) in [5.74, 6) is -0.795. The summed E-state index contributed by atoms with van der Waals surface area (Å²) in [4.78, 5) is 11.1. The van der Waals surface area contributed by atoms with Gasteiger partial charge in [-0.05, 0) is 95.6 Å². The first-order chi connectivity index (χ1) is 25.5. The van der Waals surface area contributed by atoms with Crippen molar-refractivity contribution in [2.75, 3.05) is 22.9 Å². The van der Waals surface area contributed by atoms with E-state index >= 15 is 0 Å². The number of rotatable bonds is 3. The number of benzene rings is 6. The van der Waals surface area contributed by atoms with E-state index in [9.17, 15) is 9.90 Å². The van der Waals surface area contributed by atoms with Crippen LogP contribution >= 0.6 is 11.9 Å². The van der Waals surface area contributed by atoms with E-state index in [1.165, 1.54) is 23.8 Å². The average molecular weight is 752 g/mol. The normalized spacial score (nSPS) is 10.0. The van der Waals surface area contributed by atoms with Crippen molar-refractivity contribution >= 4 is 40.7 Å². The van der Waals surface area contributed by atoms with Crippen molar-refractivity contribution in [2.45, 2.75) is 38.0 Å². The highest BCUT2D eigenvalue weighted by atomic mass is 32.2. The van der Waals surface area contributed by atoms with Gasteiger partial charge in [-0.1, -0.05) is 99.6 Å². The van der Waals surface area contributed by atoms with E-state index in [-0.39, 0.29) is 39.7 Å². The molecule has 0 unspecified atom stereocenters. The summed E-state index contributed by atoms with van der Waals surface area (Å²) in [7, 11) is 0. The number of aromatic carboxylic acids is 1. The van der Waals surface area contributed by atoms with Gasteiger partial charge in [-0.15, -0.1) is 0 Å². The average Bonchev–Trinajstić information content (AvgIpc) is 3.13. The molecule has 6 aromatic carbocycles. The van der Waals surface area contributed by atoms with E-state index in [0.717, 1.165) is 34.3 Å². The number of hydrogen-bond donors (Lipinski definition) is 10. The van der Waals surface area contributed by atoms with Gasteiger partial charge in [0.05, 0.1) is 27.5 Å². The lowest BCUT2D eigenvalue weighted by atomic mass is 9.87. The summed E-state index contributed by atoms with van der Waals surface area (Å²) in [5.41, 5.74) is 28.1. The van der Waals surface area contributed by atoms with Gasteiger partial charge >= 0.3 is 5.97 Å². The predicted molar refractivity (Wildman–Crippen MR) is 222 cm³/mol. The first-order valence-corrected chi connectivity index (χ1v) is 17.3. The van der Waals surface area contributed by atoms with E-state index < -0.39 is 5.97 Å². The van der Waals surface area contributed by atoms with Gasteiger partial charge in [-0.2, -0.15) is 0 Å². The Morgan fingerprint density at radius 3 is 1.59 bits per heavy atom. The van der Waals surface area contributed by atoms with Crippen molar-refractivity contribution in [2.24, 2.45) is 5.14 Å². The van der Waals surface area contributed by atoms with E-state index in [1.807, 2.05) is 73.7 Å². The Kier molecular flexibility index (Phi) is 17.1. The fourth-order valence-corrected chi connectivity index (χ4v) is 4.71. The molecule has 0 atom stereocenters. The zero-order chi connectivity index (χ0) is 40.4. The number of hydrogen-bond acceptors (Lipinski definition) is 11. The SMILES string of the molecule is CC(C)(C)c1ccc(O)c(N)c1.Cc1ccc(O)c(N)c1.NSc1ccccc1O.Nc1c(O)cccc1C(=O)O.Nc1ccccc1-c1ccccc1. The highest BCUT2D eigenvalue weighted by Crippen LogP contribution is 2.29. The Bertz CT molecular complexity index is 2090. The van der Waals surface area contributed by atoms with Crippen molar-refractivity contribution in [1.29, 1.82) is 0 Å². The fraction of sp³-hybridized carbons (Fsp3) is 0.119. The van der Waals surface area contributed by atoms with Crippen molar-refractivity contribution in [3.63, 3.8) is 0 Å². The van der Waals surface area contributed by atoms with Crippen LogP contribution in [0.15, 0.2) is 138 Å². The van der Waals surface area contributed by atoms with Gasteiger partial charge in [0, 0.05) is 11.3 Å². The molecule has 11 nitrogen and oxygen atoms in total. The Balaban J connectivity index is 0.000000235. The minimum absolute atomic E-state index is 0.0787. The fourth-order valence-electron chi connectivity index (χ4n) is 4.37. The molecule has 15 N–H and O–H groups in total. The van der Waals surface area contributed by atoms with E-state index in [4.69, 9.17) is 48.5 Å². The van der Waals surface area contributed by atoms with Crippen LogP contribution in [0.25, 0.3) is 11.1 Å². The van der Waals surface area contributed by atoms with Crippen LogP contribution in [0, 0.1) is 6.92 Å². The van der Waals surface area contributed by atoms with Crippen LogP contribution in [0.2, 0.25) is 0 Å². The molecule has 0 aliphatic heterocycles. The number of aryl methyl sites for hydroxylation is 1. The molecule has 6 aromatic rings. The smallest absolute Gasteiger partial charge is 0.337 e. The number of nitrogens with two attached hydrogens (primary N) is 5. The maximum atomic E-state index is 10.4. The molecule has 0 fully saturated rings. The summed E-state index contributed by atoms with van der Waals surface area (Å²) >= 11 is 1.05. The number of phenolic OH excluding ortho intramolecular Hbond substituents is 4. The summed E-state index contributed by atoms with van der Waals surface area (Å²) in [6.07, 6.45) is 0. The van der Waals surface area contributed by atoms with Crippen LogP contribution in [-0.2, 0) is 5.41 Å². The molecule has 0 radical (unpaired) electrons. The van der Waals surface area contributed by atoms with Crippen molar-refractivity contribution in [3.05, 3.63) is 150 Å². The highest BCUT2D eigenvalue weighted by molar-refractivity contribution is 7.97. The van der Waals surface area contributed by atoms with Crippen LogP contribution < -0.4 is 28.1 Å². The molecule has 54 heavy (non-hydrogen) atoms. The molecule has 6 rings (SSSR count). The Labute approximate surface area is 320 Å². The van der Waals surface area contributed by atoms with Crippen LogP contribution in [-0.4, -0.2) is 31.5 Å². The van der Waals surface area contributed by atoms with Crippen LogP contribution in [0.4, 0.5) is 22.7 Å². The molecular weight excluding hydrogens is 703 g/mol. The van der Waals surface area contributed by atoms with Gasteiger partial charge in [0.2, 0.25) is 0 Å². The number of nitrogen functional groups attached to an aromatic ring is 4. The minimum atomic E-state index is -1.14. The summed E-state index contributed by atoms with van der Waals surface area (Å²) in [6.45, 7) is 8.26. The van der Waals surface area contributed by atoms with E-state index in [2.05, 4.69) is 32.9 Å². The zero-order valence-electron chi connectivity index (χ0n) is 30.6. The second-order valence-electron chi connectivity index (χ2n) is 12.7. The van der Waals surface area contributed by atoms with Gasteiger partial charge in [0.15, 0.2) is 0 Å². The zero-order valence-corrected chi connectivity index (χ0v) is 31.5. The van der Waals surface area contributed by atoms with Crippen LogP contribution in [0.1, 0.15) is 42.3 Å². The molecule has 0 amide bonds. The number of carboxylic acids is 1. The summed E-state index contributed by atoms with van der Waals surface area (Å²) in [6, 6.07) is 39.6. The molecular formula is C42H49N5O6S. The predicted octanol–water partition coefficient (Wildman–Crippen LogP) is 8.52. The van der Waals surface area contributed by atoms with Gasteiger partial charge < -0.3 is 48.5 Å². The largest absolute Gasteiger partial charge is 0.507 e. The summed E-state index contributed by atoms with van der Waals surface area (Å²) in [5, 5.41) is 49.8. The Morgan fingerprint density at radius 1 is 0.574 bits per heavy atom. The molecule has 0 saturated carbocycles. The molecule has 284 valence electrons. The maximum Gasteiger partial charge on any atom is 0.337 e. The van der Waals surface area contributed by atoms with Gasteiger partial charge in [-0.25, -0.2) is 4.79 Å². The lowest BCUT2D eigenvalue weighted by Gasteiger charge is -2.19. The standard InChI is InChI=1S/C12H11N.C10H15NO.C7H7NO3.C7H9NO.C6H7NOS/c13-12-9-5-4-8-11(12)10-6-2-1-3-7-10;1-10(2,3)7-4-5-9(12)8(11)6-7;8-6-4(7(10)11)2-1-3-5(6)9;1-5-2-3-7(9)6(8)4-5;7-9-6-4-2-1-3-5(6)8/h1-9H,13H2;4-6,12H,11H2,1-3H3;1-3,9H,8H2,(H,10,11);2-4,9H,8H2,1H3;1-4,8H,7H2. The van der Waals surface area contributed by atoms with Gasteiger partial charge in [-0.3, -0.25) is 5.14 Å². The van der Waals surface area contributed by atoms with Crippen molar-refractivity contribution in [1.82, 2.24) is 0 Å². The van der Waals surface area contributed by atoms with Crippen molar-refractivity contribution in [3.8, 4) is 34.1 Å². The number of aromatic hydroxyl groups is 4. The Morgan fingerprint density at radius 2 is 1.11 bits per heavy atom. The quantitative estimate of drug-likeness (QED) is 0.0464. The topological polar surface area (TPSA) is 248 Å². The van der Waals surface area contributed by atoms with Crippen LogP contribution in [0.3, 0.4) is 0 Å².